The van der Waals surface area contributed by atoms with E-state index < -0.39 is 0 Å². The predicted octanol–water partition coefficient (Wildman–Crippen LogP) is 2.79. The lowest BCUT2D eigenvalue weighted by Gasteiger charge is -2.29. The summed E-state index contributed by atoms with van der Waals surface area (Å²) in [4.78, 5) is 14.5. The fraction of sp³-hybridized carbons (Fsp3) is 0.938. The zero-order chi connectivity index (χ0) is 14.0. The SMILES string of the molecule is CC(C)(C)C1CCN(C(=O)CC2CCC(N)CC2)C1. The smallest absolute Gasteiger partial charge is 0.222 e. The Morgan fingerprint density at radius 1 is 1.16 bits per heavy atom. The summed E-state index contributed by atoms with van der Waals surface area (Å²) < 4.78 is 0. The van der Waals surface area contributed by atoms with Crippen molar-refractivity contribution >= 4 is 5.91 Å². The first kappa shape index (κ1) is 14.8. The third-order valence-electron chi connectivity index (χ3n) is 5.12. The molecule has 1 atom stereocenters. The van der Waals surface area contributed by atoms with E-state index in [1.54, 1.807) is 0 Å². The highest BCUT2D eigenvalue weighted by Crippen LogP contribution is 2.34. The zero-order valence-corrected chi connectivity index (χ0v) is 12.8. The van der Waals surface area contributed by atoms with Gasteiger partial charge in [-0.1, -0.05) is 20.8 Å². The maximum absolute atomic E-state index is 12.4. The van der Waals surface area contributed by atoms with E-state index in [9.17, 15) is 4.79 Å². The maximum atomic E-state index is 12.4. The van der Waals surface area contributed by atoms with E-state index in [4.69, 9.17) is 5.73 Å². The molecule has 3 nitrogen and oxygen atoms in total. The van der Waals surface area contributed by atoms with Crippen LogP contribution in [-0.4, -0.2) is 29.9 Å². The van der Waals surface area contributed by atoms with Gasteiger partial charge in [-0.05, 0) is 49.4 Å². The molecule has 2 N–H and O–H groups in total. The Morgan fingerprint density at radius 3 is 2.32 bits per heavy atom. The molecule has 0 spiro atoms. The van der Waals surface area contributed by atoms with Gasteiger partial charge in [0.25, 0.3) is 0 Å². The molecule has 1 heterocycles. The maximum Gasteiger partial charge on any atom is 0.222 e. The summed E-state index contributed by atoms with van der Waals surface area (Å²) in [6.45, 7) is 8.79. The van der Waals surface area contributed by atoms with Crippen LogP contribution in [0.25, 0.3) is 0 Å². The van der Waals surface area contributed by atoms with Crippen molar-refractivity contribution < 1.29 is 4.79 Å². The van der Waals surface area contributed by atoms with E-state index in [0.29, 0.717) is 29.2 Å². The molecule has 1 aliphatic heterocycles. The molecule has 1 saturated heterocycles. The van der Waals surface area contributed by atoms with Crippen molar-refractivity contribution in [3.8, 4) is 0 Å². The van der Waals surface area contributed by atoms with E-state index in [-0.39, 0.29) is 0 Å². The normalized spacial score (nSPS) is 32.6. The molecule has 0 bridgehead atoms. The molecular weight excluding hydrogens is 236 g/mol. The van der Waals surface area contributed by atoms with Gasteiger partial charge in [-0.2, -0.15) is 0 Å². The monoisotopic (exact) mass is 266 g/mol. The number of amides is 1. The number of hydrogen-bond acceptors (Lipinski definition) is 2. The summed E-state index contributed by atoms with van der Waals surface area (Å²) in [6, 6.07) is 0.378. The van der Waals surface area contributed by atoms with Crippen molar-refractivity contribution in [1.29, 1.82) is 0 Å². The topological polar surface area (TPSA) is 46.3 Å². The minimum Gasteiger partial charge on any atom is -0.342 e. The van der Waals surface area contributed by atoms with Gasteiger partial charge in [0.15, 0.2) is 0 Å². The Labute approximate surface area is 117 Å². The van der Waals surface area contributed by atoms with Crippen LogP contribution in [0.2, 0.25) is 0 Å². The first-order valence-corrected chi connectivity index (χ1v) is 7.89. The molecule has 1 saturated carbocycles. The standard InChI is InChI=1S/C16H30N2O/c1-16(2,3)13-8-9-18(11-13)15(19)10-12-4-6-14(17)7-5-12/h12-14H,4-11,17H2,1-3H3. The Bertz CT molecular complexity index is 313. The minimum absolute atomic E-state index is 0.326. The van der Waals surface area contributed by atoms with Crippen LogP contribution in [-0.2, 0) is 4.79 Å². The van der Waals surface area contributed by atoms with Gasteiger partial charge in [0.2, 0.25) is 5.91 Å². The Balaban J connectivity index is 1.78. The fourth-order valence-corrected chi connectivity index (χ4v) is 3.46. The van der Waals surface area contributed by atoms with Crippen LogP contribution in [0.15, 0.2) is 0 Å². The molecular formula is C16H30N2O. The number of carbonyl (C=O) groups is 1. The van der Waals surface area contributed by atoms with E-state index in [1.165, 1.54) is 6.42 Å². The molecule has 1 unspecified atom stereocenters. The summed E-state index contributed by atoms with van der Waals surface area (Å²) in [5.41, 5.74) is 6.25. The molecule has 2 fully saturated rings. The second kappa shape index (κ2) is 5.82. The summed E-state index contributed by atoms with van der Waals surface area (Å²) in [7, 11) is 0. The van der Waals surface area contributed by atoms with Crippen LogP contribution in [0, 0.1) is 17.3 Å². The Kier molecular flexibility index (Phi) is 4.54. The largest absolute Gasteiger partial charge is 0.342 e. The molecule has 0 aromatic rings. The number of nitrogens with zero attached hydrogens (tertiary/aromatic N) is 1. The molecule has 3 heteroatoms. The highest BCUT2D eigenvalue weighted by Gasteiger charge is 2.34. The molecule has 0 aromatic heterocycles. The van der Waals surface area contributed by atoms with Crippen molar-refractivity contribution in [2.24, 2.45) is 23.0 Å². The van der Waals surface area contributed by atoms with Crippen LogP contribution < -0.4 is 5.73 Å². The van der Waals surface area contributed by atoms with Crippen LogP contribution in [0.4, 0.5) is 0 Å². The molecule has 1 amide bonds. The van der Waals surface area contributed by atoms with Gasteiger partial charge in [-0.25, -0.2) is 0 Å². The van der Waals surface area contributed by atoms with Crippen molar-refractivity contribution in [3.63, 3.8) is 0 Å². The quantitative estimate of drug-likeness (QED) is 0.835. The summed E-state index contributed by atoms with van der Waals surface area (Å²) in [5, 5.41) is 0. The van der Waals surface area contributed by atoms with Crippen LogP contribution >= 0.6 is 0 Å². The lowest BCUT2D eigenvalue weighted by Crippen LogP contribution is -2.34. The lowest BCUT2D eigenvalue weighted by atomic mass is 9.80. The van der Waals surface area contributed by atoms with E-state index in [2.05, 4.69) is 25.7 Å². The lowest BCUT2D eigenvalue weighted by molar-refractivity contribution is -0.131. The Hall–Kier alpha value is -0.570. The summed E-state index contributed by atoms with van der Waals surface area (Å²) >= 11 is 0. The highest BCUT2D eigenvalue weighted by molar-refractivity contribution is 5.76. The van der Waals surface area contributed by atoms with E-state index >= 15 is 0 Å². The third kappa shape index (κ3) is 3.95. The van der Waals surface area contributed by atoms with Gasteiger partial charge in [0.05, 0.1) is 0 Å². The molecule has 2 aliphatic rings. The van der Waals surface area contributed by atoms with Gasteiger partial charge in [-0.3, -0.25) is 4.79 Å². The van der Waals surface area contributed by atoms with Crippen molar-refractivity contribution in [3.05, 3.63) is 0 Å². The number of rotatable bonds is 2. The summed E-state index contributed by atoms with van der Waals surface area (Å²) in [5.74, 6) is 1.63. The molecule has 0 aromatic carbocycles. The first-order chi connectivity index (χ1) is 8.86. The number of likely N-dealkylation sites (tertiary alicyclic amines) is 1. The number of hydrogen-bond donors (Lipinski definition) is 1. The van der Waals surface area contributed by atoms with E-state index in [1.807, 2.05) is 0 Å². The average molecular weight is 266 g/mol. The van der Waals surface area contributed by atoms with Gasteiger partial charge in [-0.15, -0.1) is 0 Å². The van der Waals surface area contributed by atoms with Crippen molar-refractivity contribution in [1.82, 2.24) is 4.90 Å². The average Bonchev–Trinajstić information content (AvgIpc) is 2.81. The van der Waals surface area contributed by atoms with Gasteiger partial charge >= 0.3 is 0 Å². The molecule has 1 aliphatic carbocycles. The van der Waals surface area contributed by atoms with Gasteiger partial charge < -0.3 is 10.6 Å². The van der Waals surface area contributed by atoms with Crippen LogP contribution in [0.1, 0.15) is 59.3 Å². The van der Waals surface area contributed by atoms with Gasteiger partial charge in [0, 0.05) is 25.6 Å². The van der Waals surface area contributed by atoms with Crippen LogP contribution in [0.5, 0.6) is 0 Å². The third-order valence-corrected chi connectivity index (χ3v) is 5.12. The molecule has 19 heavy (non-hydrogen) atoms. The van der Waals surface area contributed by atoms with Crippen molar-refractivity contribution in [2.75, 3.05) is 13.1 Å². The fourth-order valence-electron chi connectivity index (χ4n) is 3.46. The minimum atomic E-state index is 0.326. The number of carbonyl (C=O) groups excluding carboxylic acids is 1. The molecule has 110 valence electrons. The predicted molar refractivity (Wildman–Crippen MR) is 78.7 cm³/mol. The summed E-state index contributed by atoms with van der Waals surface area (Å²) in [6.07, 6.45) is 6.41. The van der Waals surface area contributed by atoms with Crippen molar-refractivity contribution in [2.45, 2.75) is 65.3 Å². The zero-order valence-electron chi connectivity index (χ0n) is 12.8. The molecule has 2 rings (SSSR count). The number of nitrogens with two attached hydrogens (primary N) is 1. The second-order valence-corrected chi connectivity index (χ2v) is 7.68. The highest BCUT2D eigenvalue weighted by atomic mass is 16.2. The van der Waals surface area contributed by atoms with E-state index in [0.717, 1.165) is 45.2 Å². The Morgan fingerprint density at radius 2 is 1.79 bits per heavy atom. The first-order valence-electron chi connectivity index (χ1n) is 7.89. The molecule has 0 radical (unpaired) electrons. The second-order valence-electron chi connectivity index (χ2n) is 7.68. The van der Waals surface area contributed by atoms with Gasteiger partial charge in [0.1, 0.15) is 0 Å². The van der Waals surface area contributed by atoms with Crippen LogP contribution in [0.3, 0.4) is 0 Å².